The monoisotopic (exact) mass is 472 g/mol. The average molecular weight is 473 g/mol. The summed E-state index contributed by atoms with van der Waals surface area (Å²) in [5.41, 5.74) is -0.0199. The van der Waals surface area contributed by atoms with E-state index in [1.807, 2.05) is 0 Å². The van der Waals surface area contributed by atoms with Gasteiger partial charge in [-0.2, -0.15) is 12.8 Å². The Bertz CT molecular complexity index is 1090. The number of amides is 4. The second-order valence-corrected chi connectivity index (χ2v) is 9.28. The Morgan fingerprint density at radius 2 is 2.17 bits per heavy atom. The summed E-state index contributed by atoms with van der Waals surface area (Å²) in [6.07, 6.45) is 0. The first-order chi connectivity index (χ1) is 14.2. The Labute approximate surface area is 179 Å². The summed E-state index contributed by atoms with van der Waals surface area (Å²) >= 11 is 2.34. The van der Waals surface area contributed by atoms with E-state index < -0.39 is 34.1 Å². The van der Waals surface area contributed by atoms with Crippen molar-refractivity contribution in [3.05, 3.63) is 33.3 Å². The molecule has 3 N–H and O–H groups in total. The molecule has 0 aromatic carbocycles. The number of imide groups is 1. The summed E-state index contributed by atoms with van der Waals surface area (Å²) in [6, 6.07) is 2.73. The van der Waals surface area contributed by atoms with Gasteiger partial charge in [0.25, 0.3) is 11.8 Å². The van der Waals surface area contributed by atoms with Crippen LogP contribution in [0.15, 0.2) is 28.7 Å². The van der Waals surface area contributed by atoms with E-state index in [1.165, 1.54) is 24.5 Å². The number of thiophene rings is 1. The summed E-state index contributed by atoms with van der Waals surface area (Å²) in [5.74, 6) is -1.37. The second kappa shape index (κ2) is 8.76. The fourth-order valence-corrected chi connectivity index (χ4v) is 4.43. The molecule has 160 valence electrons. The van der Waals surface area contributed by atoms with Gasteiger partial charge in [-0.25, -0.2) is 14.2 Å². The van der Waals surface area contributed by atoms with E-state index >= 15 is 0 Å². The first-order valence-electron chi connectivity index (χ1n) is 8.25. The van der Waals surface area contributed by atoms with Gasteiger partial charge in [-0.05, 0) is 36.0 Å². The minimum atomic E-state index is -4.28. The van der Waals surface area contributed by atoms with Gasteiger partial charge in [-0.1, -0.05) is 11.2 Å². The predicted molar refractivity (Wildman–Crippen MR) is 109 cm³/mol. The molecular weight excluding hydrogens is 456 g/mol. The number of carbonyl (C=O) groups is 3. The maximum absolute atomic E-state index is 12.4. The zero-order chi connectivity index (χ0) is 21.9. The minimum Gasteiger partial charge on any atom is -0.398 e. The molecule has 2 aromatic heterocycles. The van der Waals surface area contributed by atoms with Crippen molar-refractivity contribution < 1.29 is 27.6 Å². The molecule has 4 amide bonds. The fourth-order valence-electron chi connectivity index (χ4n) is 2.39. The highest BCUT2D eigenvalue weighted by molar-refractivity contribution is 7.91. The molecule has 1 saturated heterocycles. The molecule has 1 aliphatic heterocycles. The number of nitrogens with one attached hydrogen (secondary N) is 3. The number of anilines is 1. The smallest absolute Gasteiger partial charge is 0.339 e. The van der Waals surface area contributed by atoms with Crippen molar-refractivity contribution in [2.45, 2.75) is 13.0 Å². The van der Waals surface area contributed by atoms with Crippen LogP contribution in [0.3, 0.4) is 0 Å². The highest BCUT2D eigenvalue weighted by atomic mass is 32.2. The van der Waals surface area contributed by atoms with E-state index in [2.05, 4.69) is 24.4 Å². The number of urea groups is 1. The molecule has 3 rings (SSSR count). The van der Waals surface area contributed by atoms with Gasteiger partial charge < -0.3 is 10.2 Å². The zero-order valence-electron chi connectivity index (χ0n) is 15.6. The first kappa shape index (κ1) is 21.7. The molecule has 0 aliphatic carbocycles. The maximum atomic E-state index is 12.4. The molecular formula is C15H16N6O6S3. The Hall–Kier alpha value is -3.04. The molecule has 0 unspecified atom stereocenters. The van der Waals surface area contributed by atoms with E-state index in [-0.39, 0.29) is 18.1 Å². The predicted octanol–water partition coefficient (Wildman–Crippen LogP) is 0.257. The van der Waals surface area contributed by atoms with Gasteiger partial charge in [-0.3, -0.25) is 14.5 Å². The third kappa shape index (κ3) is 4.92. The summed E-state index contributed by atoms with van der Waals surface area (Å²) in [6.45, 7) is 1.54. The van der Waals surface area contributed by atoms with Gasteiger partial charge in [0.15, 0.2) is 11.5 Å². The van der Waals surface area contributed by atoms with Crippen LogP contribution in [0, 0.1) is 6.92 Å². The number of likely N-dealkylation sites (tertiary alicyclic amines) is 1. The molecule has 0 bridgehead atoms. The lowest BCUT2D eigenvalue weighted by atomic mass is 10.1. The zero-order valence-corrected chi connectivity index (χ0v) is 18.1. The van der Waals surface area contributed by atoms with Crippen LogP contribution in [0.5, 0.6) is 0 Å². The van der Waals surface area contributed by atoms with Gasteiger partial charge in [0, 0.05) is 4.88 Å². The fraction of sp³-hybridized carbons (Fsp3) is 0.267. The quantitative estimate of drug-likeness (QED) is 0.296. The van der Waals surface area contributed by atoms with Crippen LogP contribution in [0.25, 0.3) is 0 Å². The normalized spacial score (nSPS) is 16.6. The SMILES string of the molecule is CON=C(C(=O)N[C@H]1CN(C(=O)NS(=O)(=O)Nc2cc(C)sn2)C1=O)c1cccs1. The molecule has 0 radical (unpaired) electrons. The van der Waals surface area contributed by atoms with Crippen molar-refractivity contribution in [2.75, 3.05) is 18.4 Å². The van der Waals surface area contributed by atoms with Crippen molar-refractivity contribution in [1.29, 1.82) is 0 Å². The topological polar surface area (TPSA) is 159 Å². The van der Waals surface area contributed by atoms with Crippen molar-refractivity contribution in [2.24, 2.45) is 5.16 Å². The number of aryl methyl sites for hydroxylation is 1. The van der Waals surface area contributed by atoms with Crippen LogP contribution in [-0.2, 0) is 24.6 Å². The van der Waals surface area contributed by atoms with Crippen LogP contribution in [0.4, 0.5) is 10.6 Å². The number of β-lactam (4-membered cyclic amide) rings is 1. The lowest BCUT2D eigenvalue weighted by Gasteiger charge is -2.36. The van der Waals surface area contributed by atoms with Gasteiger partial charge in [0.05, 0.1) is 11.4 Å². The van der Waals surface area contributed by atoms with E-state index in [0.717, 1.165) is 16.4 Å². The van der Waals surface area contributed by atoms with E-state index in [0.29, 0.717) is 9.78 Å². The number of aromatic nitrogens is 1. The van der Waals surface area contributed by atoms with Crippen LogP contribution in [-0.4, -0.2) is 60.9 Å². The van der Waals surface area contributed by atoms with Crippen molar-refractivity contribution in [3.63, 3.8) is 0 Å². The Kier molecular flexibility index (Phi) is 6.33. The Balaban J connectivity index is 1.56. The van der Waals surface area contributed by atoms with Gasteiger partial charge in [0.1, 0.15) is 13.2 Å². The Morgan fingerprint density at radius 1 is 1.40 bits per heavy atom. The van der Waals surface area contributed by atoms with Crippen molar-refractivity contribution >= 4 is 62.5 Å². The summed E-state index contributed by atoms with van der Waals surface area (Å²) in [7, 11) is -3.00. The molecule has 12 nitrogen and oxygen atoms in total. The third-order valence-electron chi connectivity index (χ3n) is 3.72. The number of oxime groups is 1. The highest BCUT2D eigenvalue weighted by Crippen LogP contribution is 2.16. The molecule has 1 fully saturated rings. The molecule has 0 saturated carbocycles. The molecule has 3 heterocycles. The van der Waals surface area contributed by atoms with E-state index in [9.17, 15) is 22.8 Å². The number of hydrogen-bond acceptors (Lipinski definition) is 10. The minimum absolute atomic E-state index is 0.0199. The van der Waals surface area contributed by atoms with Crippen molar-refractivity contribution in [3.8, 4) is 0 Å². The molecule has 2 aromatic rings. The molecule has 30 heavy (non-hydrogen) atoms. The Morgan fingerprint density at radius 3 is 2.73 bits per heavy atom. The molecule has 15 heteroatoms. The largest absolute Gasteiger partial charge is 0.398 e. The summed E-state index contributed by atoms with van der Waals surface area (Å²) < 4.78 is 31.7. The molecule has 1 atom stereocenters. The number of nitrogens with zero attached hydrogens (tertiary/aromatic N) is 3. The lowest BCUT2D eigenvalue weighted by Crippen LogP contribution is -2.68. The molecule has 1 aliphatic rings. The maximum Gasteiger partial charge on any atom is 0.339 e. The van der Waals surface area contributed by atoms with Crippen LogP contribution < -0.4 is 14.8 Å². The van der Waals surface area contributed by atoms with E-state index in [1.54, 1.807) is 29.2 Å². The van der Waals surface area contributed by atoms with Crippen molar-refractivity contribution in [1.82, 2.24) is 19.3 Å². The van der Waals surface area contributed by atoms with Gasteiger partial charge in [0.2, 0.25) is 0 Å². The standard InChI is InChI=1S/C15H16N6O6S3/c1-8-6-11(18-29-8)19-30(25,26)20-15(24)21-7-9(14(21)23)16-13(22)12(17-27-2)10-4-3-5-28-10/h3-6,9H,7H2,1-2H3,(H,16,22)(H,18,19)(H,20,24)/t9-/m0/s1. The van der Waals surface area contributed by atoms with Gasteiger partial charge in [-0.15, -0.1) is 11.3 Å². The highest BCUT2D eigenvalue weighted by Gasteiger charge is 2.43. The first-order valence-corrected chi connectivity index (χ1v) is 11.4. The summed E-state index contributed by atoms with van der Waals surface area (Å²) in [4.78, 5) is 43.3. The van der Waals surface area contributed by atoms with Gasteiger partial charge >= 0.3 is 16.2 Å². The number of rotatable bonds is 7. The molecule has 0 spiro atoms. The lowest BCUT2D eigenvalue weighted by molar-refractivity contribution is -0.141. The van der Waals surface area contributed by atoms with Crippen LogP contribution >= 0.6 is 22.9 Å². The van der Waals surface area contributed by atoms with E-state index in [4.69, 9.17) is 0 Å². The third-order valence-corrected chi connectivity index (χ3v) is 6.21. The van der Waals surface area contributed by atoms with Crippen LogP contribution in [0.2, 0.25) is 0 Å². The average Bonchev–Trinajstić information content (AvgIpc) is 3.33. The number of hydrogen-bond donors (Lipinski definition) is 3. The van der Waals surface area contributed by atoms with Crippen LogP contribution in [0.1, 0.15) is 9.75 Å². The summed E-state index contributed by atoms with van der Waals surface area (Å²) in [5, 5.41) is 7.85. The second-order valence-electron chi connectivity index (χ2n) is 5.91. The number of carbonyl (C=O) groups excluding carboxylic acids is 3.